The van der Waals surface area contributed by atoms with Crippen LogP contribution >= 0.6 is 0 Å². The van der Waals surface area contributed by atoms with E-state index in [1.54, 1.807) is 136 Å². The fourth-order valence-electron chi connectivity index (χ4n) is 6.68. The highest BCUT2D eigenvalue weighted by Gasteiger charge is 2.29. The number of carboxylic acid groups (broad SMARTS) is 1. The predicted molar refractivity (Wildman–Crippen MR) is 227 cm³/mol. The van der Waals surface area contributed by atoms with Crippen molar-refractivity contribution in [2.24, 2.45) is 14.1 Å². The molecule has 64 heavy (non-hydrogen) atoms. The number of rotatable bonds is 8. The Kier molecular flexibility index (Phi) is 12.0. The van der Waals surface area contributed by atoms with Crippen molar-refractivity contribution in [3.8, 4) is 45.0 Å². The Balaban J connectivity index is 0.000000191. The largest absolute Gasteiger partial charge is 0.465 e. The highest BCUT2D eigenvalue weighted by Crippen LogP contribution is 2.33. The Bertz CT molecular complexity index is 3030. The van der Waals surface area contributed by atoms with Gasteiger partial charge in [0, 0.05) is 72.0 Å². The first-order chi connectivity index (χ1) is 30.2. The van der Waals surface area contributed by atoms with E-state index in [4.69, 9.17) is 4.74 Å². The zero-order valence-electron chi connectivity index (χ0n) is 36.1. The molecule has 0 aliphatic carbocycles. The Morgan fingerprint density at radius 2 is 1.14 bits per heavy atom. The molecule has 0 saturated heterocycles. The van der Waals surface area contributed by atoms with Crippen molar-refractivity contribution in [2.75, 3.05) is 0 Å². The molecule has 2 N–H and O–H groups in total. The molecular formula is C44H44F4N12O4. The minimum Gasteiger partial charge on any atom is -0.465 e. The summed E-state index contributed by atoms with van der Waals surface area (Å²) in [5.41, 5.74) is 2.32. The van der Waals surface area contributed by atoms with Crippen molar-refractivity contribution in [2.45, 2.75) is 65.8 Å². The second-order valence-corrected chi connectivity index (χ2v) is 16.8. The maximum atomic E-state index is 15.2. The average Bonchev–Trinajstić information content (AvgIpc) is 4.06. The zero-order chi connectivity index (χ0) is 46.2. The summed E-state index contributed by atoms with van der Waals surface area (Å²) in [6.45, 7) is 9.70. The number of nitrogens with zero attached hydrogens (tertiary/aromatic N) is 11. The molecule has 0 radical (unpaired) electrons. The summed E-state index contributed by atoms with van der Waals surface area (Å²) in [5.74, 6) is -4.33. The molecule has 0 spiro atoms. The molecule has 0 aliphatic heterocycles. The first kappa shape index (κ1) is 44.4. The molecule has 0 fully saturated rings. The van der Waals surface area contributed by atoms with E-state index in [-0.39, 0.29) is 46.7 Å². The van der Waals surface area contributed by atoms with Gasteiger partial charge in [-0.05, 0) is 65.8 Å². The quantitative estimate of drug-likeness (QED) is 0.141. The summed E-state index contributed by atoms with van der Waals surface area (Å²) in [6, 6.07) is 8.99. The van der Waals surface area contributed by atoms with Crippen LogP contribution in [0.3, 0.4) is 0 Å². The van der Waals surface area contributed by atoms with Crippen LogP contribution in [0.25, 0.3) is 56.1 Å². The van der Waals surface area contributed by atoms with Gasteiger partial charge in [0.05, 0.1) is 77.5 Å². The van der Waals surface area contributed by atoms with E-state index in [2.05, 4.69) is 35.7 Å². The molecule has 20 heteroatoms. The standard InChI is InChI=1S/2C22H22F2N6O2/c1-22(2,3)29(21(31)32)11-13-5-6-15(19(24)18(13)23)20-17-7-8-25-30(17)12-16(27-20)14-9-26-28(4)10-14;1-22(2,3)32-21(31)25-9-13-5-6-15(19(24)18(13)23)20-17-7-8-26-30(17)12-16(28-20)14-10-27-29(4)11-14/h5-10,12H,11H2,1-4H3,(H,31,32);5-8,10-12H,9H2,1-4H3,(H,25,31). The van der Waals surface area contributed by atoms with Gasteiger partial charge < -0.3 is 15.2 Å². The summed E-state index contributed by atoms with van der Waals surface area (Å²) in [4.78, 5) is 33.6. The molecule has 16 nitrogen and oxygen atoms in total. The van der Waals surface area contributed by atoms with Crippen molar-refractivity contribution in [1.29, 1.82) is 0 Å². The van der Waals surface area contributed by atoms with Gasteiger partial charge in [0.15, 0.2) is 23.3 Å². The van der Waals surface area contributed by atoms with E-state index < -0.39 is 46.6 Å². The lowest BCUT2D eigenvalue weighted by Gasteiger charge is -2.33. The Morgan fingerprint density at radius 3 is 1.56 bits per heavy atom. The number of carbonyl (C=O) groups is 2. The van der Waals surface area contributed by atoms with Gasteiger partial charge in [-0.15, -0.1) is 0 Å². The molecule has 8 aromatic rings. The second-order valence-electron chi connectivity index (χ2n) is 16.8. The molecule has 8 rings (SSSR count). The fourth-order valence-corrected chi connectivity index (χ4v) is 6.68. The van der Waals surface area contributed by atoms with Crippen LogP contribution in [0, 0.1) is 23.3 Å². The lowest BCUT2D eigenvalue weighted by atomic mass is 10.0. The lowest BCUT2D eigenvalue weighted by molar-refractivity contribution is 0.0522. The van der Waals surface area contributed by atoms with Crippen molar-refractivity contribution >= 4 is 23.2 Å². The fraction of sp³-hybridized carbons (Fsp3) is 0.273. The third kappa shape index (κ3) is 9.39. The summed E-state index contributed by atoms with van der Waals surface area (Å²) in [7, 11) is 3.54. The van der Waals surface area contributed by atoms with E-state index in [0.29, 0.717) is 33.5 Å². The van der Waals surface area contributed by atoms with Crippen LogP contribution in [-0.4, -0.2) is 82.1 Å². The number of aromatic nitrogens is 10. The van der Waals surface area contributed by atoms with Crippen LogP contribution in [-0.2, 0) is 31.9 Å². The molecule has 6 heterocycles. The summed E-state index contributed by atoms with van der Waals surface area (Å²) < 4.78 is 71.7. The Hall–Kier alpha value is -7.64. The summed E-state index contributed by atoms with van der Waals surface area (Å²) in [5, 5.41) is 28.6. The third-order valence-electron chi connectivity index (χ3n) is 9.81. The van der Waals surface area contributed by atoms with Crippen molar-refractivity contribution in [3.05, 3.63) is 120 Å². The van der Waals surface area contributed by atoms with Crippen LogP contribution in [0.15, 0.2) is 86.0 Å². The zero-order valence-corrected chi connectivity index (χ0v) is 36.1. The topological polar surface area (TPSA) is 175 Å². The maximum Gasteiger partial charge on any atom is 0.408 e. The number of benzene rings is 2. The molecule has 0 atom stereocenters. The lowest BCUT2D eigenvalue weighted by Crippen LogP contribution is -2.44. The van der Waals surface area contributed by atoms with Crippen molar-refractivity contribution in [3.63, 3.8) is 0 Å². The van der Waals surface area contributed by atoms with E-state index in [1.807, 2.05) is 0 Å². The van der Waals surface area contributed by atoms with Gasteiger partial charge in [-0.1, -0.05) is 12.1 Å². The molecule has 6 aromatic heterocycles. The number of amides is 2. The molecular weight excluding hydrogens is 837 g/mol. The molecule has 0 unspecified atom stereocenters. The SMILES string of the molecule is Cn1cc(-c2cn3nccc3c(-c3ccc(CN(C(=O)O)C(C)(C)C)c(F)c3F)n2)cn1.Cn1cc(-c2cn3nccc3c(-c3ccc(CNC(=O)OC(C)(C)C)c(F)c3F)n2)cn1. The number of alkyl carbamates (subject to hydrolysis) is 1. The van der Waals surface area contributed by atoms with Crippen LogP contribution in [0.2, 0.25) is 0 Å². The molecule has 2 amide bonds. The number of carbonyl (C=O) groups excluding carboxylic acids is 1. The summed E-state index contributed by atoms with van der Waals surface area (Å²) in [6.07, 6.45) is 11.3. The van der Waals surface area contributed by atoms with Gasteiger partial charge in [-0.25, -0.2) is 46.1 Å². The number of ether oxygens (including phenoxy) is 1. The molecule has 2 aromatic carbocycles. The van der Waals surface area contributed by atoms with E-state index in [9.17, 15) is 19.1 Å². The number of hydrogen-bond acceptors (Lipinski definition) is 9. The van der Waals surface area contributed by atoms with Gasteiger partial charge in [0.25, 0.3) is 0 Å². The van der Waals surface area contributed by atoms with Crippen molar-refractivity contribution < 1.29 is 37.0 Å². The first-order valence-electron chi connectivity index (χ1n) is 19.8. The van der Waals surface area contributed by atoms with Crippen LogP contribution in [0.4, 0.5) is 27.2 Å². The number of nitrogens with one attached hydrogen (secondary N) is 1. The van der Waals surface area contributed by atoms with Gasteiger partial charge in [0.2, 0.25) is 0 Å². The van der Waals surface area contributed by atoms with Gasteiger partial charge in [0.1, 0.15) is 5.60 Å². The van der Waals surface area contributed by atoms with Crippen LogP contribution < -0.4 is 5.32 Å². The number of hydrogen-bond donors (Lipinski definition) is 2. The minimum absolute atomic E-state index is 0.00921. The molecule has 0 bridgehead atoms. The second kappa shape index (κ2) is 17.3. The van der Waals surface area contributed by atoms with Crippen LogP contribution in [0.1, 0.15) is 52.7 Å². The van der Waals surface area contributed by atoms with Gasteiger partial charge >= 0.3 is 12.2 Å². The average molecular weight is 881 g/mol. The number of halogens is 4. The molecule has 332 valence electrons. The third-order valence-corrected chi connectivity index (χ3v) is 9.81. The van der Waals surface area contributed by atoms with Crippen LogP contribution in [0.5, 0.6) is 0 Å². The molecule has 0 saturated carbocycles. The van der Waals surface area contributed by atoms with E-state index >= 15 is 13.2 Å². The number of fused-ring (bicyclic) bond motifs is 2. The first-order valence-corrected chi connectivity index (χ1v) is 19.8. The number of aryl methyl sites for hydroxylation is 2. The molecule has 0 aliphatic rings. The maximum absolute atomic E-state index is 15.2. The minimum atomic E-state index is -1.21. The smallest absolute Gasteiger partial charge is 0.408 e. The van der Waals surface area contributed by atoms with Gasteiger partial charge in [-0.2, -0.15) is 20.4 Å². The van der Waals surface area contributed by atoms with E-state index in [1.165, 1.54) is 24.3 Å². The predicted octanol–water partition coefficient (Wildman–Crippen LogP) is 8.45. The highest BCUT2D eigenvalue weighted by molar-refractivity contribution is 5.81. The summed E-state index contributed by atoms with van der Waals surface area (Å²) >= 11 is 0. The normalized spacial score (nSPS) is 11.8. The highest BCUT2D eigenvalue weighted by atomic mass is 19.2. The Morgan fingerprint density at radius 1 is 0.672 bits per heavy atom. The van der Waals surface area contributed by atoms with Crippen molar-refractivity contribution in [1.82, 2.24) is 59.0 Å². The van der Waals surface area contributed by atoms with Gasteiger partial charge in [-0.3, -0.25) is 14.3 Å². The monoisotopic (exact) mass is 880 g/mol. The Labute approximate surface area is 363 Å². The van der Waals surface area contributed by atoms with E-state index in [0.717, 1.165) is 4.90 Å².